The van der Waals surface area contributed by atoms with Crippen LogP contribution >= 0.6 is 0 Å². The third-order valence-electron chi connectivity index (χ3n) is 3.72. The molecule has 0 heterocycles. The Morgan fingerprint density at radius 2 is 1.79 bits per heavy atom. The Balaban J connectivity index is 1.64. The van der Waals surface area contributed by atoms with Crippen LogP contribution in [-0.4, -0.2) is 12.6 Å². The molecule has 0 saturated heterocycles. The zero-order chi connectivity index (χ0) is 13.3. The van der Waals surface area contributed by atoms with Gasteiger partial charge in [-0.15, -0.1) is 0 Å². The van der Waals surface area contributed by atoms with Crippen LogP contribution in [0.2, 0.25) is 0 Å². The highest BCUT2D eigenvalue weighted by Gasteiger charge is 2.13. The summed E-state index contributed by atoms with van der Waals surface area (Å²) in [6, 6.07) is 9.76. The van der Waals surface area contributed by atoms with Gasteiger partial charge in [-0.3, -0.25) is 0 Å². The predicted molar refractivity (Wildman–Crippen MR) is 75.8 cm³/mol. The molecular weight excluding hydrogens is 238 g/mol. The van der Waals surface area contributed by atoms with Crippen LogP contribution in [0.25, 0.3) is 0 Å². The number of hydrogen-bond acceptors (Lipinski definition) is 2. The molecule has 0 unspecified atom stereocenters. The van der Waals surface area contributed by atoms with Gasteiger partial charge in [0, 0.05) is 6.54 Å². The number of rotatable bonds is 4. The van der Waals surface area contributed by atoms with Crippen molar-refractivity contribution in [2.45, 2.75) is 45.1 Å². The number of nitrogens with one attached hydrogen (secondary N) is 1. The largest absolute Gasteiger partial charge is 0.445 e. The van der Waals surface area contributed by atoms with Gasteiger partial charge in [0.15, 0.2) is 0 Å². The first-order valence-electron chi connectivity index (χ1n) is 7.29. The third kappa shape index (κ3) is 5.33. The summed E-state index contributed by atoms with van der Waals surface area (Å²) >= 11 is 0. The molecule has 2 rings (SSSR count). The van der Waals surface area contributed by atoms with Crippen LogP contribution in [0.1, 0.15) is 44.1 Å². The summed E-state index contributed by atoms with van der Waals surface area (Å²) in [5.41, 5.74) is 1.02. The van der Waals surface area contributed by atoms with Gasteiger partial charge in [-0.2, -0.15) is 0 Å². The van der Waals surface area contributed by atoms with E-state index in [9.17, 15) is 4.79 Å². The lowest BCUT2D eigenvalue weighted by molar-refractivity contribution is 0.137. The van der Waals surface area contributed by atoms with Gasteiger partial charge in [0.1, 0.15) is 6.61 Å². The summed E-state index contributed by atoms with van der Waals surface area (Å²) in [6.07, 6.45) is 7.45. The smallest absolute Gasteiger partial charge is 0.407 e. The van der Waals surface area contributed by atoms with Crippen LogP contribution in [0.15, 0.2) is 30.3 Å². The normalized spacial score (nSPS) is 16.6. The Labute approximate surface area is 115 Å². The topological polar surface area (TPSA) is 38.3 Å². The average Bonchev–Trinajstić information content (AvgIpc) is 2.73. The zero-order valence-corrected chi connectivity index (χ0v) is 11.4. The van der Waals surface area contributed by atoms with Crippen LogP contribution in [0.5, 0.6) is 0 Å². The Kier molecular flexibility index (Phi) is 5.73. The first-order chi connectivity index (χ1) is 9.34. The minimum Gasteiger partial charge on any atom is -0.445 e. The van der Waals surface area contributed by atoms with Gasteiger partial charge in [-0.05, 0) is 24.3 Å². The van der Waals surface area contributed by atoms with Gasteiger partial charge in [0.2, 0.25) is 0 Å². The third-order valence-corrected chi connectivity index (χ3v) is 3.72. The van der Waals surface area contributed by atoms with E-state index in [0.29, 0.717) is 12.5 Å². The molecule has 0 radical (unpaired) electrons. The van der Waals surface area contributed by atoms with E-state index in [1.807, 2.05) is 30.3 Å². The SMILES string of the molecule is O=C(NCC1CCCCCC1)OCc1ccccc1. The van der Waals surface area contributed by atoms with E-state index in [4.69, 9.17) is 4.74 Å². The van der Waals surface area contributed by atoms with Crippen LogP contribution in [0, 0.1) is 5.92 Å². The molecule has 1 fully saturated rings. The van der Waals surface area contributed by atoms with Crippen molar-refractivity contribution < 1.29 is 9.53 Å². The molecular formula is C16H23NO2. The number of alkyl carbamates (subject to hydrolysis) is 1. The van der Waals surface area contributed by atoms with Crippen LogP contribution in [0.3, 0.4) is 0 Å². The van der Waals surface area contributed by atoms with Gasteiger partial charge in [0.25, 0.3) is 0 Å². The standard InChI is InChI=1S/C16H23NO2/c18-16(19-13-15-10-6-3-7-11-15)17-12-14-8-4-1-2-5-9-14/h3,6-7,10-11,14H,1-2,4-5,8-9,12-13H2,(H,17,18). The highest BCUT2D eigenvalue weighted by molar-refractivity contribution is 5.67. The van der Waals surface area contributed by atoms with Crippen molar-refractivity contribution in [2.24, 2.45) is 5.92 Å². The van der Waals surface area contributed by atoms with Gasteiger partial charge >= 0.3 is 6.09 Å². The molecule has 0 aromatic heterocycles. The van der Waals surface area contributed by atoms with Crippen molar-refractivity contribution in [3.63, 3.8) is 0 Å². The molecule has 3 heteroatoms. The molecule has 1 aromatic rings. The second-order valence-corrected chi connectivity index (χ2v) is 5.30. The van der Waals surface area contributed by atoms with E-state index in [-0.39, 0.29) is 6.09 Å². The summed E-state index contributed by atoms with van der Waals surface area (Å²) in [7, 11) is 0. The average molecular weight is 261 g/mol. The Morgan fingerprint density at radius 1 is 1.11 bits per heavy atom. The van der Waals surface area contributed by atoms with Crippen molar-refractivity contribution in [1.29, 1.82) is 0 Å². The lowest BCUT2D eigenvalue weighted by Gasteiger charge is -2.14. The lowest BCUT2D eigenvalue weighted by atomic mass is 10.0. The maximum Gasteiger partial charge on any atom is 0.407 e. The second kappa shape index (κ2) is 7.82. The molecule has 19 heavy (non-hydrogen) atoms. The number of carbonyl (C=O) groups excluding carboxylic acids is 1. The molecule has 1 saturated carbocycles. The van der Waals surface area contributed by atoms with E-state index in [1.165, 1.54) is 38.5 Å². The molecule has 0 spiro atoms. The number of carbonyl (C=O) groups is 1. The van der Waals surface area contributed by atoms with E-state index in [1.54, 1.807) is 0 Å². The highest BCUT2D eigenvalue weighted by atomic mass is 16.5. The number of hydrogen-bond donors (Lipinski definition) is 1. The zero-order valence-electron chi connectivity index (χ0n) is 11.4. The first kappa shape index (κ1) is 13.9. The van der Waals surface area contributed by atoms with E-state index in [2.05, 4.69) is 5.32 Å². The molecule has 0 atom stereocenters. The first-order valence-corrected chi connectivity index (χ1v) is 7.29. The minimum atomic E-state index is -0.298. The van der Waals surface area contributed by atoms with Gasteiger partial charge in [-0.1, -0.05) is 56.0 Å². The van der Waals surface area contributed by atoms with Gasteiger partial charge < -0.3 is 10.1 Å². The predicted octanol–water partition coefficient (Wildman–Crippen LogP) is 3.88. The Bertz CT molecular complexity index is 370. The quantitative estimate of drug-likeness (QED) is 0.835. The maximum atomic E-state index is 11.6. The number of ether oxygens (including phenoxy) is 1. The highest BCUT2D eigenvalue weighted by Crippen LogP contribution is 2.22. The number of benzene rings is 1. The van der Waals surface area contributed by atoms with E-state index >= 15 is 0 Å². The molecule has 3 nitrogen and oxygen atoms in total. The van der Waals surface area contributed by atoms with E-state index in [0.717, 1.165) is 12.1 Å². The van der Waals surface area contributed by atoms with Crippen molar-refractivity contribution in [3.8, 4) is 0 Å². The van der Waals surface area contributed by atoms with Crippen LogP contribution in [0.4, 0.5) is 4.79 Å². The van der Waals surface area contributed by atoms with Crippen molar-refractivity contribution >= 4 is 6.09 Å². The summed E-state index contributed by atoms with van der Waals surface area (Å²) < 4.78 is 5.20. The van der Waals surface area contributed by atoms with E-state index < -0.39 is 0 Å². The molecule has 0 bridgehead atoms. The summed E-state index contributed by atoms with van der Waals surface area (Å²) in [6.45, 7) is 1.10. The second-order valence-electron chi connectivity index (χ2n) is 5.30. The van der Waals surface area contributed by atoms with Gasteiger partial charge in [0.05, 0.1) is 0 Å². The minimum absolute atomic E-state index is 0.298. The summed E-state index contributed by atoms with van der Waals surface area (Å²) in [5, 5.41) is 2.89. The molecule has 1 amide bonds. The van der Waals surface area contributed by atoms with Crippen LogP contribution in [-0.2, 0) is 11.3 Å². The molecule has 1 aliphatic carbocycles. The van der Waals surface area contributed by atoms with Gasteiger partial charge in [-0.25, -0.2) is 4.79 Å². The fraction of sp³-hybridized carbons (Fsp3) is 0.562. The Morgan fingerprint density at radius 3 is 2.47 bits per heavy atom. The molecule has 1 N–H and O–H groups in total. The monoisotopic (exact) mass is 261 g/mol. The molecule has 104 valence electrons. The fourth-order valence-electron chi connectivity index (χ4n) is 2.57. The maximum absolute atomic E-state index is 11.6. The van der Waals surface area contributed by atoms with Crippen molar-refractivity contribution in [2.75, 3.05) is 6.54 Å². The number of amides is 1. The summed E-state index contributed by atoms with van der Waals surface area (Å²) in [5.74, 6) is 0.631. The summed E-state index contributed by atoms with van der Waals surface area (Å²) in [4.78, 5) is 11.6. The lowest BCUT2D eigenvalue weighted by Crippen LogP contribution is -2.29. The Hall–Kier alpha value is -1.51. The molecule has 1 aliphatic rings. The molecule has 1 aromatic carbocycles. The van der Waals surface area contributed by atoms with Crippen molar-refractivity contribution in [1.82, 2.24) is 5.32 Å². The fourth-order valence-corrected chi connectivity index (χ4v) is 2.57. The molecule has 0 aliphatic heterocycles. The van der Waals surface area contributed by atoms with Crippen molar-refractivity contribution in [3.05, 3.63) is 35.9 Å². The van der Waals surface area contributed by atoms with Crippen LogP contribution < -0.4 is 5.32 Å².